The van der Waals surface area contributed by atoms with E-state index in [1.54, 1.807) is 0 Å². The van der Waals surface area contributed by atoms with Gasteiger partial charge in [0, 0.05) is 19.1 Å². The molecule has 0 aromatic heterocycles. The lowest BCUT2D eigenvalue weighted by atomic mass is 10.2. The quantitative estimate of drug-likeness (QED) is 0.618. The van der Waals surface area contributed by atoms with Crippen LogP contribution in [0.2, 0.25) is 0 Å². The molecule has 0 aromatic carbocycles. The van der Waals surface area contributed by atoms with Crippen molar-refractivity contribution in [3.05, 3.63) is 0 Å². The van der Waals surface area contributed by atoms with E-state index in [4.69, 9.17) is 0 Å². The molecule has 0 rings (SSSR count). The van der Waals surface area contributed by atoms with E-state index >= 15 is 0 Å². The van der Waals surface area contributed by atoms with Gasteiger partial charge < -0.3 is 15.3 Å². The minimum Gasteiger partial charge on any atom is -0.390 e. The Hall–Kier alpha value is -0.120. The SMILES string of the molecule is CCCN(CC)CC(O)CNC(C)C. The fraction of sp³-hybridized carbons (Fsp3) is 1.00. The van der Waals surface area contributed by atoms with Crippen molar-refractivity contribution >= 4 is 0 Å². The highest BCUT2D eigenvalue weighted by Crippen LogP contribution is 1.94. The summed E-state index contributed by atoms with van der Waals surface area (Å²) in [7, 11) is 0. The first-order chi connectivity index (χ1) is 6.60. The highest BCUT2D eigenvalue weighted by atomic mass is 16.3. The third kappa shape index (κ3) is 7.30. The smallest absolute Gasteiger partial charge is 0.0791 e. The Labute approximate surface area is 88.5 Å². The van der Waals surface area contributed by atoms with Crippen molar-refractivity contribution in [1.29, 1.82) is 0 Å². The maximum atomic E-state index is 9.72. The molecule has 0 saturated heterocycles. The first-order valence-electron chi connectivity index (χ1n) is 5.73. The monoisotopic (exact) mass is 202 g/mol. The first-order valence-corrected chi connectivity index (χ1v) is 5.73. The topological polar surface area (TPSA) is 35.5 Å². The average molecular weight is 202 g/mol. The van der Waals surface area contributed by atoms with Crippen molar-refractivity contribution in [1.82, 2.24) is 10.2 Å². The van der Waals surface area contributed by atoms with Gasteiger partial charge in [-0.2, -0.15) is 0 Å². The van der Waals surface area contributed by atoms with Crippen LogP contribution in [0.5, 0.6) is 0 Å². The van der Waals surface area contributed by atoms with E-state index in [0.29, 0.717) is 12.6 Å². The molecule has 0 heterocycles. The minimum atomic E-state index is -0.246. The lowest BCUT2D eigenvalue weighted by Crippen LogP contribution is -2.40. The van der Waals surface area contributed by atoms with Gasteiger partial charge in [-0.3, -0.25) is 0 Å². The minimum absolute atomic E-state index is 0.246. The molecule has 0 saturated carbocycles. The van der Waals surface area contributed by atoms with Gasteiger partial charge >= 0.3 is 0 Å². The van der Waals surface area contributed by atoms with Crippen molar-refractivity contribution in [2.75, 3.05) is 26.2 Å². The van der Waals surface area contributed by atoms with Gasteiger partial charge in [-0.25, -0.2) is 0 Å². The van der Waals surface area contributed by atoms with Gasteiger partial charge in [0.25, 0.3) is 0 Å². The zero-order valence-electron chi connectivity index (χ0n) is 10.1. The van der Waals surface area contributed by atoms with Gasteiger partial charge in [0.1, 0.15) is 0 Å². The first kappa shape index (κ1) is 13.9. The summed E-state index contributed by atoms with van der Waals surface area (Å²) in [6.45, 7) is 12.1. The third-order valence-electron chi connectivity index (χ3n) is 2.22. The molecule has 0 fully saturated rings. The molecule has 0 aliphatic carbocycles. The third-order valence-corrected chi connectivity index (χ3v) is 2.22. The summed E-state index contributed by atoms with van der Waals surface area (Å²) < 4.78 is 0. The maximum absolute atomic E-state index is 9.72. The fourth-order valence-electron chi connectivity index (χ4n) is 1.43. The number of rotatable bonds is 8. The maximum Gasteiger partial charge on any atom is 0.0791 e. The van der Waals surface area contributed by atoms with E-state index in [9.17, 15) is 5.11 Å². The standard InChI is InChI=1S/C11H26N2O/c1-5-7-13(6-2)9-11(14)8-12-10(3)4/h10-12,14H,5-9H2,1-4H3. The van der Waals surface area contributed by atoms with Crippen molar-refractivity contribution in [2.24, 2.45) is 0 Å². The van der Waals surface area contributed by atoms with Crippen molar-refractivity contribution < 1.29 is 5.11 Å². The van der Waals surface area contributed by atoms with Crippen LogP contribution in [-0.2, 0) is 0 Å². The molecule has 14 heavy (non-hydrogen) atoms. The van der Waals surface area contributed by atoms with Crippen LogP contribution in [0.15, 0.2) is 0 Å². The Morgan fingerprint density at radius 2 is 1.93 bits per heavy atom. The van der Waals surface area contributed by atoms with Crippen LogP contribution in [0.4, 0.5) is 0 Å². The molecule has 0 aromatic rings. The van der Waals surface area contributed by atoms with E-state index in [1.165, 1.54) is 0 Å². The molecule has 3 heteroatoms. The second-order valence-electron chi connectivity index (χ2n) is 4.11. The lowest BCUT2D eigenvalue weighted by molar-refractivity contribution is 0.112. The van der Waals surface area contributed by atoms with E-state index in [2.05, 4.69) is 37.9 Å². The molecule has 0 radical (unpaired) electrons. The van der Waals surface area contributed by atoms with Crippen LogP contribution in [0.3, 0.4) is 0 Å². The highest BCUT2D eigenvalue weighted by Gasteiger charge is 2.09. The van der Waals surface area contributed by atoms with Crippen molar-refractivity contribution in [3.8, 4) is 0 Å². The molecular formula is C11H26N2O. The summed E-state index contributed by atoms with van der Waals surface area (Å²) >= 11 is 0. The van der Waals surface area contributed by atoms with Crippen molar-refractivity contribution in [3.63, 3.8) is 0 Å². The molecule has 0 bridgehead atoms. The van der Waals surface area contributed by atoms with E-state index in [-0.39, 0.29) is 6.10 Å². The number of hydrogen-bond donors (Lipinski definition) is 2. The Bertz CT molecular complexity index is 128. The van der Waals surface area contributed by atoms with Crippen LogP contribution in [-0.4, -0.2) is 48.3 Å². The van der Waals surface area contributed by atoms with Crippen LogP contribution in [0.1, 0.15) is 34.1 Å². The molecular weight excluding hydrogens is 176 g/mol. The summed E-state index contributed by atoms with van der Waals surface area (Å²) in [6.07, 6.45) is 0.905. The summed E-state index contributed by atoms with van der Waals surface area (Å²) in [5.41, 5.74) is 0. The van der Waals surface area contributed by atoms with Crippen LogP contribution < -0.4 is 5.32 Å². The average Bonchev–Trinajstić information content (AvgIpc) is 2.14. The molecule has 0 aliphatic heterocycles. The van der Waals surface area contributed by atoms with Gasteiger partial charge in [0.05, 0.1) is 6.10 Å². The predicted molar refractivity (Wildman–Crippen MR) is 61.6 cm³/mol. The van der Waals surface area contributed by atoms with Gasteiger partial charge in [0.15, 0.2) is 0 Å². The number of aliphatic hydroxyl groups is 1. The summed E-state index contributed by atoms with van der Waals surface area (Å²) in [4.78, 5) is 2.28. The van der Waals surface area contributed by atoms with E-state index in [0.717, 1.165) is 26.1 Å². The fourth-order valence-corrected chi connectivity index (χ4v) is 1.43. The second kappa shape index (κ2) is 8.21. The Morgan fingerprint density at radius 1 is 1.29 bits per heavy atom. The predicted octanol–water partition coefficient (Wildman–Crippen LogP) is 1.08. The van der Waals surface area contributed by atoms with Crippen LogP contribution >= 0.6 is 0 Å². The molecule has 0 spiro atoms. The Balaban J connectivity index is 3.61. The summed E-state index contributed by atoms with van der Waals surface area (Å²) in [5.74, 6) is 0. The molecule has 1 atom stereocenters. The molecule has 1 unspecified atom stereocenters. The van der Waals surface area contributed by atoms with Crippen molar-refractivity contribution in [2.45, 2.75) is 46.3 Å². The lowest BCUT2D eigenvalue weighted by Gasteiger charge is -2.23. The molecule has 86 valence electrons. The van der Waals surface area contributed by atoms with Gasteiger partial charge in [-0.15, -0.1) is 0 Å². The number of likely N-dealkylation sites (N-methyl/N-ethyl adjacent to an activating group) is 1. The largest absolute Gasteiger partial charge is 0.390 e. The Morgan fingerprint density at radius 3 is 2.36 bits per heavy atom. The van der Waals surface area contributed by atoms with Crippen LogP contribution in [0, 0.1) is 0 Å². The van der Waals surface area contributed by atoms with E-state index < -0.39 is 0 Å². The molecule has 2 N–H and O–H groups in total. The number of aliphatic hydroxyl groups excluding tert-OH is 1. The highest BCUT2D eigenvalue weighted by molar-refractivity contribution is 4.67. The van der Waals surface area contributed by atoms with Crippen LogP contribution in [0.25, 0.3) is 0 Å². The second-order valence-corrected chi connectivity index (χ2v) is 4.11. The number of nitrogens with one attached hydrogen (secondary N) is 1. The normalized spacial score (nSPS) is 13.9. The molecule has 0 aliphatic rings. The number of hydrogen-bond acceptors (Lipinski definition) is 3. The number of nitrogens with zero attached hydrogens (tertiary/aromatic N) is 1. The van der Waals surface area contributed by atoms with Gasteiger partial charge in [0.2, 0.25) is 0 Å². The zero-order chi connectivity index (χ0) is 11.0. The van der Waals surface area contributed by atoms with Gasteiger partial charge in [-0.1, -0.05) is 27.7 Å². The summed E-state index contributed by atoms with van der Waals surface area (Å²) in [6, 6.07) is 0.450. The molecule has 0 amide bonds. The van der Waals surface area contributed by atoms with E-state index in [1.807, 2.05) is 0 Å². The zero-order valence-corrected chi connectivity index (χ0v) is 10.1. The Kier molecular flexibility index (Phi) is 8.14. The summed E-state index contributed by atoms with van der Waals surface area (Å²) in [5, 5.41) is 13.0. The molecule has 3 nitrogen and oxygen atoms in total. The van der Waals surface area contributed by atoms with Gasteiger partial charge in [-0.05, 0) is 19.5 Å².